The smallest absolute Gasteiger partial charge is 0.346 e. The molecule has 144 valence electrons. The van der Waals surface area contributed by atoms with Gasteiger partial charge in [0, 0.05) is 33.7 Å². The fraction of sp³-hybridized carbons (Fsp3) is 0.750. The first kappa shape index (κ1) is 18.6. The number of rotatable bonds is 4. The van der Waals surface area contributed by atoms with Crippen molar-refractivity contribution in [2.45, 2.75) is 32.6 Å². The summed E-state index contributed by atoms with van der Waals surface area (Å²) in [7, 11) is 3.27. The lowest BCUT2D eigenvalue weighted by atomic mass is 10.2. The molecule has 2 aliphatic rings. The summed E-state index contributed by atoms with van der Waals surface area (Å²) in [5, 5.41) is 4.27. The van der Waals surface area contributed by atoms with Gasteiger partial charge in [-0.25, -0.2) is 9.48 Å². The van der Waals surface area contributed by atoms with Crippen LogP contribution in [0.1, 0.15) is 12.7 Å². The number of nitrogens with zero attached hydrogens (tertiary/aromatic N) is 6. The molecule has 2 aliphatic heterocycles. The zero-order valence-corrected chi connectivity index (χ0v) is 15.6. The Hall–Kier alpha value is -2.20. The molecule has 3 heterocycles. The predicted molar refractivity (Wildman–Crippen MR) is 92.5 cm³/mol. The molecule has 0 saturated carbocycles. The fourth-order valence-corrected chi connectivity index (χ4v) is 3.31. The molecule has 0 aromatic carbocycles. The maximum atomic E-state index is 12.9. The van der Waals surface area contributed by atoms with Crippen LogP contribution in [-0.2, 0) is 34.0 Å². The number of carbonyl (C=O) groups is 2. The maximum absolute atomic E-state index is 12.9. The third-order valence-corrected chi connectivity index (χ3v) is 4.95. The van der Waals surface area contributed by atoms with Crippen molar-refractivity contribution in [2.24, 2.45) is 0 Å². The molecule has 1 atom stereocenters. The molecular weight excluding hydrogens is 340 g/mol. The number of carbonyl (C=O) groups excluding carboxylic acids is 2. The van der Waals surface area contributed by atoms with Crippen molar-refractivity contribution < 1.29 is 14.3 Å². The van der Waals surface area contributed by atoms with Crippen LogP contribution >= 0.6 is 0 Å². The summed E-state index contributed by atoms with van der Waals surface area (Å²) in [4.78, 5) is 42.4. The summed E-state index contributed by atoms with van der Waals surface area (Å²) in [5.74, 6) is 0.318. The number of morpholine rings is 1. The van der Waals surface area contributed by atoms with Crippen LogP contribution in [0.15, 0.2) is 4.79 Å². The van der Waals surface area contributed by atoms with E-state index in [1.807, 2.05) is 6.92 Å². The Balaban J connectivity index is 1.74. The molecule has 0 spiro atoms. The second kappa shape index (κ2) is 7.58. The SMILES string of the molecule is CCN1CCOCC1C(=O)N1CCn2c(nn(CC(=O)N(C)C)c2=O)C1. The zero-order chi connectivity index (χ0) is 18.8. The minimum atomic E-state index is -0.307. The van der Waals surface area contributed by atoms with Gasteiger partial charge in [0.2, 0.25) is 11.8 Å². The van der Waals surface area contributed by atoms with Crippen LogP contribution in [0.2, 0.25) is 0 Å². The Morgan fingerprint density at radius 1 is 1.27 bits per heavy atom. The van der Waals surface area contributed by atoms with E-state index in [2.05, 4.69) is 10.00 Å². The van der Waals surface area contributed by atoms with E-state index in [9.17, 15) is 14.4 Å². The number of hydrogen-bond acceptors (Lipinski definition) is 6. The highest BCUT2D eigenvalue weighted by atomic mass is 16.5. The van der Waals surface area contributed by atoms with Crippen LogP contribution in [0.4, 0.5) is 0 Å². The second-order valence-electron chi connectivity index (χ2n) is 6.78. The van der Waals surface area contributed by atoms with Crippen molar-refractivity contribution >= 4 is 11.8 Å². The summed E-state index contributed by atoms with van der Waals surface area (Å²) in [5.41, 5.74) is -0.307. The molecule has 0 bridgehead atoms. The number of fused-ring (bicyclic) bond motifs is 1. The van der Waals surface area contributed by atoms with Gasteiger partial charge in [0.1, 0.15) is 12.6 Å². The third kappa shape index (κ3) is 3.51. The van der Waals surface area contributed by atoms with Crippen molar-refractivity contribution in [1.29, 1.82) is 0 Å². The van der Waals surface area contributed by atoms with Crippen molar-refractivity contribution in [3.8, 4) is 0 Å². The van der Waals surface area contributed by atoms with E-state index < -0.39 is 0 Å². The topological polar surface area (TPSA) is 92.9 Å². The van der Waals surface area contributed by atoms with Crippen molar-refractivity contribution in [3.63, 3.8) is 0 Å². The van der Waals surface area contributed by atoms with E-state index in [-0.39, 0.29) is 36.6 Å². The number of ether oxygens (including phenoxy) is 1. The molecule has 1 unspecified atom stereocenters. The average Bonchev–Trinajstić information content (AvgIpc) is 2.96. The first-order valence-corrected chi connectivity index (χ1v) is 8.89. The van der Waals surface area contributed by atoms with Crippen LogP contribution in [0, 0.1) is 0 Å². The summed E-state index contributed by atoms with van der Waals surface area (Å²) in [6.45, 7) is 5.60. The third-order valence-electron chi connectivity index (χ3n) is 4.95. The number of likely N-dealkylation sites (N-methyl/N-ethyl adjacent to an activating group) is 2. The minimum Gasteiger partial charge on any atom is -0.378 e. The molecule has 2 amide bonds. The van der Waals surface area contributed by atoms with Gasteiger partial charge in [-0.15, -0.1) is 0 Å². The summed E-state index contributed by atoms with van der Waals surface area (Å²) >= 11 is 0. The molecule has 0 radical (unpaired) electrons. The van der Waals surface area contributed by atoms with Gasteiger partial charge in [0.25, 0.3) is 0 Å². The number of hydrogen-bond donors (Lipinski definition) is 0. The van der Waals surface area contributed by atoms with Crippen LogP contribution < -0.4 is 5.69 Å². The number of amides is 2. The molecule has 1 aromatic rings. The normalized spacial score (nSPS) is 20.7. The summed E-state index contributed by atoms with van der Waals surface area (Å²) in [6.07, 6.45) is 0. The second-order valence-corrected chi connectivity index (χ2v) is 6.78. The quantitative estimate of drug-likeness (QED) is 0.624. The van der Waals surface area contributed by atoms with Crippen molar-refractivity contribution in [1.82, 2.24) is 29.0 Å². The molecule has 1 saturated heterocycles. The van der Waals surface area contributed by atoms with E-state index in [4.69, 9.17) is 4.74 Å². The van der Waals surface area contributed by atoms with Gasteiger partial charge in [-0.3, -0.25) is 19.1 Å². The molecule has 1 fully saturated rings. The van der Waals surface area contributed by atoms with Gasteiger partial charge in [0.15, 0.2) is 5.82 Å². The van der Waals surface area contributed by atoms with Crippen molar-refractivity contribution in [3.05, 3.63) is 16.3 Å². The Morgan fingerprint density at radius 3 is 2.73 bits per heavy atom. The number of aromatic nitrogens is 3. The highest BCUT2D eigenvalue weighted by Gasteiger charge is 2.34. The van der Waals surface area contributed by atoms with Crippen LogP contribution in [0.3, 0.4) is 0 Å². The van der Waals surface area contributed by atoms with E-state index >= 15 is 0 Å². The average molecular weight is 366 g/mol. The summed E-state index contributed by atoms with van der Waals surface area (Å²) in [6, 6.07) is -0.288. The van der Waals surface area contributed by atoms with E-state index in [0.717, 1.165) is 13.1 Å². The standard InChI is InChI=1S/C16H26N6O4/c1-4-19-7-8-26-11-12(19)15(24)20-5-6-21-13(9-20)17-22(16(21)25)10-14(23)18(2)3/h12H,4-11H2,1-3H3. The Labute approximate surface area is 151 Å². The lowest BCUT2D eigenvalue weighted by Gasteiger charge is -2.37. The molecule has 0 N–H and O–H groups in total. The minimum absolute atomic E-state index is 0.00386. The maximum Gasteiger partial charge on any atom is 0.346 e. The molecule has 10 heteroatoms. The van der Waals surface area contributed by atoms with Gasteiger partial charge in [0.05, 0.1) is 19.8 Å². The van der Waals surface area contributed by atoms with E-state index in [1.165, 1.54) is 9.58 Å². The largest absolute Gasteiger partial charge is 0.378 e. The van der Waals surface area contributed by atoms with Crippen molar-refractivity contribution in [2.75, 3.05) is 46.9 Å². The van der Waals surface area contributed by atoms with E-state index in [0.29, 0.717) is 32.1 Å². The van der Waals surface area contributed by atoms with Crippen LogP contribution in [0.5, 0.6) is 0 Å². The highest BCUT2D eigenvalue weighted by molar-refractivity contribution is 5.82. The Kier molecular flexibility index (Phi) is 5.42. The molecule has 0 aliphatic carbocycles. The predicted octanol–water partition coefficient (Wildman–Crippen LogP) is -1.80. The first-order valence-electron chi connectivity index (χ1n) is 8.89. The molecule has 1 aromatic heterocycles. The Morgan fingerprint density at radius 2 is 2.04 bits per heavy atom. The molecule has 3 rings (SSSR count). The molecule has 26 heavy (non-hydrogen) atoms. The lowest BCUT2D eigenvalue weighted by molar-refractivity contribution is -0.144. The lowest BCUT2D eigenvalue weighted by Crippen LogP contribution is -2.55. The van der Waals surface area contributed by atoms with Gasteiger partial charge in [-0.2, -0.15) is 5.10 Å². The molecular formula is C16H26N6O4. The molecule has 10 nitrogen and oxygen atoms in total. The Bertz CT molecular complexity index is 740. The highest BCUT2D eigenvalue weighted by Crippen LogP contribution is 2.14. The summed E-state index contributed by atoms with van der Waals surface area (Å²) < 4.78 is 8.20. The monoisotopic (exact) mass is 366 g/mol. The van der Waals surface area contributed by atoms with Crippen LogP contribution in [-0.4, -0.2) is 93.8 Å². The van der Waals surface area contributed by atoms with E-state index in [1.54, 1.807) is 23.6 Å². The fourth-order valence-electron chi connectivity index (χ4n) is 3.31. The van der Waals surface area contributed by atoms with Crippen LogP contribution in [0.25, 0.3) is 0 Å². The van der Waals surface area contributed by atoms with Gasteiger partial charge >= 0.3 is 5.69 Å². The zero-order valence-electron chi connectivity index (χ0n) is 15.6. The first-order chi connectivity index (χ1) is 12.4. The van der Waals surface area contributed by atoms with Gasteiger partial charge < -0.3 is 14.5 Å². The van der Waals surface area contributed by atoms with Gasteiger partial charge in [-0.1, -0.05) is 6.92 Å². The van der Waals surface area contributed by atoms with Gasteiger partial charge in [-0.05, 0) is 6.54 Å².